The first-order chi connectivity index (χ1) is 6.65. The van der Waals surface area contributed by atoms with E-state index in [1.165, 1.54) is 0 Å². The molecule has 0 bridgehead atoms. The quantitative estimate of drug-likeness (QED) is 0.640. The molecule has 0 aliphatic carbocycles. The van der Waals surface area contributed by atoms with Crippen LogP contribution in [0.5, 0.6) is 0 Å². The highest BCUT2D eigenvalue weighted by Crippen LogP contribution is 2.10. The number of hydrogen-bond acceptors (Lipinski definition) is 3. The zero-order valence-electron chi connectivity index (χ0n) is 7.86. The zero-order valence-corrected chi connectivity index (χ0v) is 7.86. The third-order valence-corrected chi connectivity index (χ3v) is 1.94. The average molecular weight is 194 g/mol. The molecule has 0 saturated carbocycles. The Kier molecular flexibility index (Phi) is 3.62. The van der Waals surface area contributed by atoms with Crippen molar-refractivity contribution in [3.05, 3.63) is 34.9 Å². The van der Waals surface area contributed by atoms with E-state index in [-0.39, 0.29) is 6.42 Å². The molecule has 0 unspecified atom stereocenters. The summed E-state index contributed by atoms with van der Waals surface area (Å²) < 4.78 is 0. The summed E-state index contributed by atoms with van der Waals surface area (Å²) in [6, 6.07) is 5.49. The normalized spacial score (nSPS) is 10.1. The number of nitrogens with two attached hydrogens (primary N) is 2. The molecule has 0 spiro atoms. The van der Waals surface area contributed by atoms with Crippen molar-refractivity contribution in [1.29, 1.82) is 0 Å². The second-order valence-electron chi connectivity index (χ2n) is 3.14. The summed E-state index contributed by atoms with van der Waals surface area (Å²) in [5.74, 6) is -0.845. The van der Waals surface area contributed by atoms with Crippen LogP contribution < -0.4 is 11.5 Å². The topological polar surface area (TPSA) is 89.3 Å². The number of rotatable bonds is 4. The molecule has 0 aromatic heterocycles. The van der Waals surface area contributed by atoms with Crippen molar-refractivity contribution >= 4 is 5.97 Å². The van der Waals surface area contributed by atoms with Gasteiger partial charge >= 0.3 is 5.97 Å². The van der Waals surface area contributed by atoms with Crippen LogP contribution in [0.15, 0.2) is 18.2 Å². The minimum absolute atomic E-state index is 0.0147. The molecule has 4 nitrogen and oxygen atoms in total. The molecule has 4 heteroatoms. The monoisotopic (exact) mass is 194 g/mol. The fourth-order valence-corrected chi connectivity index (χ4v) is 1.35. The number of carboxylic acid groups (broad SMARTS) is 1. The van der Waals surface area contributed by atoms with E-state index in [2.05, 4.69) is 0 Å². The Morgan fingerprint density at radius 1 is 1.07 bits per heavy atom. The second-order valence-corrected chi connectivity index (χ2v) is 3.14. The Labute approximate surface area is 82.5 Å². The maximum atomic E-state index is 10.5. The Hall–Kier alpha value is -1.39. The van der Waals surface area contributed by atoms with Crippen LogP contribution in [-0.4, -0.2) is 11.1 Å². The molecule has 5 N–H and O–H groups in total. The van der Waals surface area contributed by atoms with E-state index in [1.807, 2.05) is 6.07 Å². The Morgan fingerprint density at radius 2 is 1.50 bits per heavy atom. The number of aliphatic carboxylic acids is 1. The van der Waals surface area contributed by atoms with E-state index >= 15 is 0 Å². The van der Waals surface area contributed by atoms with Gasteiger partial charge in [0.25, 0.3) is 0 Å². The predicted octanol–water partition coefficient (Wildman–Crippen LogP) is 0.231. The van der Waals surface area contributed by atoms with Crippen molar-refractivity contribution in [3.8, 4) is 0 Å². The lowest BCUT2D eigenvalue weighted by atomic mass is 10.0. The van der Waals surface area contributed by atoms with Crippen LogP contribution in [0, 0.1) is 0 Å². The first-order valence-corrected chi connectivity index (χ1v) is 4.39. The van der Waals surface area contributed by atoms with Gasteiger partial charge < -0.3 is 16.6 Å². The smallest absolute Gasteiger partial charge is 0.307 e. The van der Waals surface area contributed by atoms with Crippen molar-refractivity contribution in [1.82, 2.24) is 0 Å². The van der Waals surface area contributed by atoms with Crippen LogP contribution in [0.25, 0.3) is 0 Å². The highest BCUT2D eigenvalue weighted by molar-refractivity contribution is 5.70. The van der Waals surface area contributed by atoms with Gasteiger partial charge in [0.1, 0.15) is 0 Å². The van der Waals surface area contributed by atoms with Crippen LogP contribution in [-0.2, 0) is 24.3 Å². The fourth-order valence-electron chi connectivity index (χ4n) is 1.35. The Bertz CT molecular complexity index is 315. The zero-order chi connectivity index (χ0) is 10.6. The molecule has 0 saturated heterocycles. The summed E-state index contributed by atoms with van der Waals surface area (Å²) in [5, 5.41) is 8.63. The fraction of sp³-hybridized carbons (Fsp3) is 0.300. The van der Waals surface area contributed by atoms with E-state index in [9.17, 15) is 4.79 Å². The summed E-state index contributed by atoms with van der Waals surface area (Å²) >= 11 is 0. The molecular weight excluding hydrogens is 180 g/mol. The molecule has 0 heterocycles. The van der Waals surface area contributed by atoms with E-state index in [0.717, 1.165) is 16.7 Å². The lowest BCUT2D eigenvalue weighted by molar-refractivity contribution is -0.136. The first kappa shape index (κ1) is 10.7. The Morgan fingerprint density at radius 3 is 1.86 bits per heavy atom. The average Bonchev–Trinajstić information content (AvgIpc) is 2.16. The summed E-state index contributed by atoms with van der Waals surface area (Å²) in [6.45, 7) is 0.806. The minimum Gasteiger partial charge on any atom is -0.481 e. The SMILES string of the molecule is NCc1cc(CN)cc(CC(=O)O)c1. The van der Waals surface area contributed by atoms with Crippen molar-refractivity contribution in [2.24, 2.45) is 11.5 Å². The maximum Gasteiger partial charge on any atom is 0.307 e. The summed E-state index contributed by atoms with van der Waals surface area (Å²) in [7, 11) is 0. The molecular formula is C10H14N2O2. The molecule has 0 atom stereocenters. The van der Waals surface area contributed by atoms with Gasteiger partial charge in [0.15, 0.2) is 0 Å². The molecule has 0 fully saturated rings. The third kappa shape index (κ3) is 2.83. The molecule has 76 valence electrons. The molecule has 14 heavy (non-hydrogen) atoms. The van der Waals surface area contributed by atoms with Crippen LogP contribution in [0.4, 0.5) is 0 Å². The van der Waals surface area contributed by atoms with Crippen molar-refractivity contribution in [2.45, 2.75) is 19.5 Å². The van der Waals surface area contributed by atoms with Gasteiger partial charge in [-0.25, -0.2) is 0 Å². The van der Waals surface area contributed by atoms with Gasteiger partial charge in [-0.2, -0.15) is 0 Å². The highest BCUT2D eigenvalue weighted by Gasteiger charge is 2.03. The van der Waals surface area contributed by atoms with Crippen LogP contribution >= 0.6 is 0 Å². The summed E-state index contributed by atoms with van der Waals surface area (Å²) in [6.07, 6.45) is 0.0147. The van der Waals surface area contributed by atoms with Crippen molar-refractivity contribution in [3.63, 3.8) is 0 Å². The van der Waals surface area contributed by atoms with E-state index < -0.39 is 5.97 Å². The summed E-state index contributed by atoms with van der Waals surface area (Å²) in [5.41, 5.74) is 13.6. The number of benzene rings is 1. The molecule has 1 aromatic rings. The van der Waals surface area contributed by atoms with Crippen LogP contribution in [0.2, 0.25) is 0 Å². The van der Waals surface area contributed by atoms with Gasteiger partial charge in [-0.05, 0) is 16.7 Å². The number of hydrogen-bond donors (Lipinski definition) is 3. The van der Waals surface area contributed by atoms with Gasteiger partial charge in [-0.15, -0.1) is 0 Å². The first-order valence-electron chi connectivity index (χ1n) is 4.39. The highest BCUT2D eigenvalue weighted by atomic mass is 16.4. The molecule has 1 rings (SSSR count). The van der Waals surface area contributed by atoms with Gasteiger partial charge in [-0.1, -0.05) is 18.2 Å². The summed E-state index contributed by atoms with van der Waals surface area (Å²) in [4.78, 5) is 10.5. The molecule has 0 aliphatic rings. The van der Waals surface area contributed by atoms with Crippen LogP contribution in [0.1, 0.15) is 16.7 Å². The van der Waals surface area contributed by atoms with Gasteiger partial charge in [0.05, 0.1) is 6.42 Å². The number of carbonyl (C=O) groups is 1. The standard InChI is InChI=1S/C10H14N2O2/c11-5-8-1-7(4-10(13)14)2-9(3-8)6-12/h1-3H,4-6,11-12H2,(H,13,14). The predicted molar refractivity (Wildman–Crippen MR) is 53.6 cm³/mol. The lowest BCUT2D eigenvalue weighted by Crippen LogP contribution is -2.06. The number of carboxylic acids is 1. The Balaban J connectivity index is 2.98. The lowest BCUT2D eigenvalue weighted by Gasteiger charge is -2.05. The molecule has 0 aliphatic heterocycles. The maximum absolute atomic E-state index is 10.5. The van der Waals surface area contributed by atoms with Crippen molar-refractivity contribution < 1.29 is 9.90 Å². The van der Waals surface area contributed by atoms with E-state index in [4.69, 9.17) is 16.6 Å². The molecule has 0 radical (unpaired) electrons. The third-order valence-electron chi connectivity index (χ3n) is 1.94. The van der Waals surface area contributed by atoms with Crippen molar-refractivity contribution in [2.75, 3.05) is 0 Å². The van der Waals surface area contributed by atoms with Crippen LogP contribution in [0.3, 0.4) is 0 Å². The van der Waals surface area contributed by atoms with E-state index in [1.54, 1.807) is 12.1 Å². The molecule has 1 aromatic carbocycles. The second kappa shape index (κ2) is 4.74. The minimum atomic E-state index is -0.845. The molecule has 0 amide bonds. The van der Waals surface area contributed by atoms with Gasteiger partial charge in [-0.3, -0.25) is 4.79 Å². The van der Waals surface area contributed by atoms with Gasteiger partial charge in [0.2, 0.25) is 0 Å². The van der Waals surface area contributed by atoms with Gasteiger partial charge in [0, 0.05) is 13.1 Å². The largest absolute Gasteiger partial charge is 0.481 e. The van der Waals surface area contributed by atoms with E-state index in [0.29, 0.717) is 13.1 Å².